The van der Waals surface area contributed by atoms with Crippen molar-refractivity contribution in [3.63, 3.8) is 0 Å². The molecule has 7 rings (SSSR count). The molecular weight excluding hydrogens is 456 g/mol. The first kappa shape index (κ1) is 28.1. The minimum absolute atomic E-state index is 0.831. The van der Waals surface area contributed by atoms with Gasteiger partial charge in [-0.1, -0.05) is 97.3 Å². The summed E-state index contributed by atoms with van der Waals surface area (Å²) in [5, 5.41) is 0. The van der Waals surface area contributed by atoms with Crippen molar-refractivity contribution in [3.05, 3.63) is 0 Å². The molecule has 0 heteroatoms. The Labute approximate surface area is 238 Å². The zero-order valence-corrected chi connectivity index (χ0v) is 26.0. The van der Waals surface area contributed by atoms with Crippen molar-refractivity contribution in [2.45, 2.75) is 174 Å². The van der Waals surface area contributed by atoms with E-state index < -0.39 is 0 Å². The second-order valence-electron chi connectivity index (χ2n) is 16.7. The minimum Gasteiger partial charge on any atom is -0.0654 e. The highest BCUT2D eigenvalue weighted by molar-refractivity contribution is 5.05. The molecule has 0 N–H and O–H groups in total. The molecule has 7 aliphatic rings. The third-order valence-corrected chi connectivity index (χ3v) is 14.4. The number of fused-ring (bicyclic) bond motifs is 1. The van der Waals surface area contributed by atoms with Gasteiger partial charge in [-0.25, -0.2) is 0 Å². The topological polar surface area (TPSA) is 0 Å². The molecule has 218 valence electrons. The molecule has 7 aliphatic carbocycles. The van der Waals surface area contributed by atoms with Crippen molar-refractivity contribution < 1.29 is 0 Å². The Morgan fingerprint density at radius 3 is 1.87 bits per heavy atom. The Kier molecular flexibility index (Phi) is 9.54. The second-order valence-corrected chi connectivity index (χ2v) is 16.7. The zero-order valence-electron chi connectivity index (χ0n) is 26.0. The third-order valence-electron chi connectivity index (χ3n) is 14.4. The summed E-state index contributed by atoms with van der Waals surface area (Å²) in [6, 6.07) is 0. The Balaban J connectivity index is 0.973. The first-order valence-corrected chi connectivity index (χ1v) is 18.6. The SMILES string of the molecule is CCCCCCCCCCC1CC(CCC2CCC(C34CC5CC(CC(C5)C3)C4)C2)C(C)C2CCCCC12. The maximum atomic E-state index is 2.72. The summed E-state index contributed by atoms with van der Waals surface area (Å²) in [5.41, 5.74) is 0.831. The average Bonchev–Trinajstić information content (AvgIpc) is 3.40. The van der Waals surface area contributed by atoms with Crippen molar-refractivity contribution in [1.29, 1.82) is 0 Å². The molecule has 38 heavy (non-hydrogen) atoms. The van der Waals surface area contributed by atoms with Crippen LogP contribution in [0.15, 0.2) is 0 Å². The number of hydrogen-bond donors (Lipinski definition) is 0. The van der Waals surface area contributed by atoms with Crippen molar-refractivity contribution >= 4 is 0 Å². The summed E-state index contributed by atoms with van der Waals surface area (Å²) < 4.78 is 0. The van der Waals surface area contributed by atoms with Gasteiger partial charge in [-0.2, -0.15) is 0 Å². The fourth-order valence-electron chi connectivity index (χ4n) is 12.8. The van der Waals surface area contributed by atoms with Crippen LogP contribution in [0.2, 0.25) is 0 Å². The van der Waals surface area contributed by atoms with E-state index in [1.807, 2.05) is 0 Å². The Bertz CT molecular complexity index is 684. The summed E-state index contributed by atoms with van der Waals surface area (Å²) in [5.74, 6) is 11.0. The number of hydrogen-bond acceptors (Lipinski definition) is 0. The molecule has 0 aromatic heterocycles. The summed E-state index contributed by atoms with van der Waals surface area (Å²) in [6.45, 7) is 5.05. The van der Waals surface area contributed by atoms with Crippen molar-refractivity contribution in [3.8, 4) is 0 Å². The summed E-state index contributed by atoms with van der Waals surface area (Å²) in [4.78, 5) is 0. The van der Waals surface area contributed by atoms with Gasteiger partial charge in [0.1, 0.15) is 0 Å². The first-order chi connectivity index (χ1) is 18.6. The molecule has 7 saturated carbocycles. The van der Waals surface area contributed by atoms with Gasteiger partial charge in [0.25, 0.3) is 0 Å². The van der Waals surface area contributed by atoms with Gasteiger partial charge in [0.15, 0.2) is 0 Å². The molecule has 0 radical (unpaired) electrons. The van der Waals surface area contributed by atoms with E-state index in [1.165, 1.54) is 57.8 Å². The van der Waals surface area contributed by atoms with E-state index in [2.05, 4.69) is 13.8 Å². The second kappa shape index (κ2) is 12.9. The lowest BCUT2D eigenvalue weighted by atomic mass is 9.46. The molecule has 7 atom stereocenters. The van der Waals surface area contributed by atoms with Crippen LogP contribution >= 0.6 is 0 Å². The van der Waals surface area contributed by atoms with Crippen LogP contribution in [0.3, 0.4) is 0 Å². The fourth-order valence-corrected chi connectivity index (χ4v) is 12.8. The highest BCUT2D eigenvalue weighted by Crippen LogP contribution is 2.65. The molecule has 0 heterocycles. The fraction of sp³-hybridized carbons (Fsp3) is 1.00. The van der Waals surface area contributed by atoms with E-state index in [1.54, 1.807) is 103 Å². The Morgan fingerprint density at radius 2 is 1.18 bits per heavy atom. The third kappa shape index (κ3) is 6.25. The van der Waals surface area contributed by atoms with E-state index in [0.29, 0.717) is 0 Å². The molecule has 0 saturated heterocycles. The van der Waals surface area contributed by atoms with Crippen LogP contribution in [0.25, 0.3) is 0 Å². The summed E-state index contributed by atoms with van der Waals surface area (Å²) >= 11 is 0. The first-order valence-electron chi connectivity index (χ1n) is 18.6. The molecule has 0 aliphatic heterocycles. The van der Waals surface area contributed by atoms with Crippen LogP contribution in [0.4, 0.5) is 0 Å². The van der Waals surface area contributed by atoms with Crippen LogP contribution in [-0.4, -0.2) is 0 Å². The Morgan fingerprint density at radius 1 is 0.553 bits per heavy atom. The highest BCUT2D eigenvalue weighted by Gasteiger charge is 2.55. The molecule has 7 fully saturated rings. The van der Waals surface area contributed by atoms with E-state index in [4.69, 9.17) is 0 Å². The number of unbranched alkanes of at least 4 members (excludes halogenated alkanes) is 7. The quantitative estimate of drug-likeness (QED) is 0.211. The summed E-state index contributed by atoms with van der Waals surface area (Å²) in [7, 11) is 0. The van der Waals surface area contributed by atoms with Gasteiger partial charge in [-0.15, -0.1) is 0 Å². The molecule has 0 aromatic carbocycles. The monoisotopic (exact) mass is 523 g/mol. The molecular formula is C38H66. The van der Waals surface area contributed by atoms with Crippen LogP contribution in [0, 0.1) is 64.6 Å². The molecule has 0 amide bonds. The van der Waals surface area contributed by atoms with Crippen LogP contribution in [-0.2, 0) is 0 Å². The van der Waals surface area contributed by atoms with Gasteiger partial charge in [-0.05, 0) is 142 Å². The van der Waals surface area contributed by atoms with Crippen molar-refractivity contribution in [1.82, 2.24) is 0 Å². The highest BCUT2D eigenvalue weighted by atomic mass is 14.6. The minimum atomic E-state index is 0.831. The predicted molar refractivity (Wildman–Crippen MR) is 164 cm³/mol. The lowest BCUT2D eigenvalue weighted by Crippen LogP contribution is -2.49. The largest absolute Gasteiger partial charge is 0.0654 e. The van der Waals surface area contributed by atoms with Crippen molar-refractivity contribution in [2.24, 2.45) is 64.6 Å². The van der Waals surface area contributed by atoms with Crippen molar-refractivity contribution in [2.75, 3.05) is 0 Å². The lowest BCUT2D eigenvalue weighted by Gasteiger charge is -2.59. The van der Waals surface area contributed by atoms with E-state index in [9.17, 15) is 0 Å². The maximum Gasteiger partial charge on any atom is -0.0261 e. The molecule has 7 unspecified atom stereocenters. The zero-order chi connectivity index (χ0) is 26.0. The van der Waals surface area contributed by atoms with E-state index in [0.717, 1.165) is 64.6 Å². The van der Waals surface area contributed by atoms with Gasteiger partial charge in [-0.3, -0.25) is 0 Å². The van der Waals surface area contributed by atoms with Crippen LogP contribution < -0.4 is 0 Å². The molecule has 0 aromatic rings. The average molecular weight is 523 g/mol. The van der Waals surface area contributed by atoms with Gasteiger partial charge in [0.05, 0.1) is 0 Å². The standard InChI is InChI=1S/C38H66/c1-3-4-5-6-7-8-9-10-13-34-24-33(28(2)36-14-11-12-15-37(34)36)18-16-29-17-19-35(23-29)38-25-30-20-31(26-38)22-32(21-30)27-38/h28-37H,3-27H2,1-2H3. The molecule has 0 spiro atoms. The van der Waals surface area contributed by atoms with Gasteiger partial charge in [0, 0.05) is 0 Å². The summed E-state index contributed by atoms with van der Waals surface area (Å²) in [6.07, 6.45) is 39.2. The molecule has 0 nitrogen and oxygen atoms in total. The number of rotatable bonds is 13. The van der Waals surface area contributed by atoms with E-state index in [-0.39, 0.29) is 0 Å². The van der Waals surface area contributed by atoms with Gasteiger partial charge < -0.3 is 0 Å². The predicted octanol–water partition coefficient (Wildman–Crippen LogP) is 12.0. The Hall–Kier alpha value is 0. The van der Waals surface area contributed by atoms with Crippen LogP contribution in [0.5, 0.6) is 0 Å². The smallest absolute Gasteiger partial charge is 0.0261 e. The van der Waals surface area contributed by atoms with Gasteiger partial charge >= 0.3 is 0 Å². The molecule has 4 bridgehead atoms. The van der Waals surface area contributed by atoms with Gasteiger partial charge in [0.2, 0.25) is 0 Å². The lowest BCUT2D eigenvalue weighted by molar-refractivity contribution is -0.0866. The van der Waals surface area contributed by atoms with Crippen LogP contribution in [0.1, 0.15) is 174 Å². The maximum absolute atomic E-state index is 2.72. The normalized spacial score (nSPS) is 45.9. The van der Waals surface area contributed by atoms with E-state index >= 15 is 0 Å².